The molecule has 0 saturated carbocycles. The van der Waals surface area contributed by atoms with E-state index in [9.17, 15) is 19.1 Å². The van der Waals surface area contributed by atoms with Crippen molar-refractivity contribution in [2.45, 2.75) is 58.3 Å². The van der Waals surface area contributed by atoms with Gasteiger partial charge in [-0.15, -0.1) is 0 Å². The Morgan fingerprint density at radius 3 is 2.67 bits per heavy atom. The number of nitrogens with one attached hydrogen (secondary N) is 2. The van der Waals surface area contributed by atoms with Gasteiger partial charge in [0.05, 0.1) is 18.9 Å². The molecule has 2 aliphatic rings. The lowest BCUT2D eigenvalue weighted by Gasteiger charge is -2.32. The maximum absolute atomic E-state index is 13.5. The first-order valence-corrected chi connectivity index (χ1v) is 11.5. The monoisotopic (exact) mass is 501 g/mol. The quantitative estimate of drug-likeness (QED) is 0.508. The van der Waals surface area contributed by atoms with Crippen LogP contribution in [0.4, 0.5) is 4.39 Å². The molecule has 192 valence electrons. The van der Waals surface area contributed by atoms with Gasteiger partial charge in [-0.25, -0.2) is 14.4 Å². The van der Waals surface area contributed by atoms with Crippen LogP contribution in [-0.2, 0) is 25.7 Å². The van der Waals surface area contributed by atoms with Crippen molar-refractivity contribution in [1.29, 1.82) is 0 Å². The Kier molecular flexibility index (Phi) is 7.87. The van der Waals surface area contributed by atoms with Crippen LogP contribution in [0.5, 0.6) is 0 Å². The summed E-state index contributed by atoms with van der Waals surface area (Å²) in [6, 6.07) is 6.20. The Morgan fingerprint density at radius 1 is 1.17 bits per heavy atom. The van der Waals surface area contributed by atoms with Gasteiger partial charge < -0.3 is 30.1 Å². The number of rotatable bonds is 7. The fourth-order valence-corrected chi connectivity index (χ4v) is 3.76. The van der Waals surface area contributed by atoms with Crippen LogP contribution in [0.15, 0.2) is 29.4 Å². The predicted octanol–water partition coefficient (Wildman–Crippen LogP) is 0.894. The smallest absolute Gasteiger partial charge is 0.270 e. The molecule has 36 heavy (non-hydrogen) atoms. The molecular weight excluding hydrogens is 473 g/mol. The third-order valence-corrected chi connectivity index (χ3v) is 5.76. The highest BCUT2D eigenvalue weighted by atomic mass is 19.1. The molecule has 3 heterocycles. The van der Waals surface area contributed by atoms with E-state index in [1.54, 1.807) is 32.0 Å². The highest BCUT2D eigenvalue weighted by molar-refractivity contribution is 6.02. The lowest BCUT2D eigenvalue weighted by molar-refractivity contribution is -0.182. The average Bonchev–Trinajstić information content (AvgIpc) is 3.35. The highest BCUT2D eigenvalue weighted by Gasteiger charge is 2.36. The van der Waals surface area contributed by atoms with Gasteiger partial charge in [0.25, 0.3) is 11.8 Å². The van der Waals surface area contributed by atoms with Crippen LogP contribution in [0, 0.1) is 19.7 Å². The maximum Gasteiger partial charge on any atom is 0.270 e. The summed E-state index contributed by atoms with van der Waals surface area (Å²) in [5, 5.41) is 18.7. The van der Waals surface area contributed by atoms with E-state index in [2.05, 4.69) is 25.8 Å². The topological polar surface area (TPSA) is 144 Å². The summed E-state index contributed by atoms with van der Waals surface area (Å²) in [6.07, 6.45) is -2.27. The van der Waals surface area contributed by atoms with Crippen molar-refractivity contribution in [3.63, 3.8) is 0 Å². The Labute approximate surface area is 207 Å². The molecule has 2 aromatic rings. The van der Waals surface area contributed by atoms with Crippen LogP contribution < -0.4 is 10.6 Å². The van der Waals surface area contributed by atoms with Crippen LogP contribution in [0.25, 0.3) is 0 Å². The van der Waals surface area contributed by atoms with Gasteiger partial charge in [0.15, 0.2) is 12.3 Å². The van der Waals surface area contributed by atoms with Crippen molar-refractivity contribution in [3.05, 3.63) is 58.4 Å². The van der Waals surface area contributed by atoms with Crippen LogP contribution in [-0.4, -0.2) is 70.4 Å². The molecule has 0 spiro atoms. The number of benzene rings is 1. The second-order valence-electron chi connectivity index (χ2n) is 8.72. The highest BCUT2D eigenvalue weighted by Crippen LogP contribution is 2.23. The number of ether oxygens (including phenoxy) is 2. The van der Waals surface area contributed by atoms with Crippen molar-refractivity contribution in [3.8, 4) is 0 Å². The number of aryl methyl sites for hydroxylation is 2. The van der Waals surface area contributed by atoms with E-state index in [0.29, 0.717) is 29.2 Å². The van der Waals surface area contributed by atoms with Crippen LogP contribution in [0.1, 0.15) is 46.5 Å². The number of carbonyl (C=O) groups is 2. The third-order valence-electron chi connectivity index (χ3n) is 5.76. The zero-order chi connectivity index (χ0) is 25.8. The molecule has 0 aliphatic carbocycles. The number of halogens is 1. The number of aliphatic hydroxyl groups excluding tert-OH is 1. The minimum absolute atomic E-state index is 0.100. The predicted molar refractivity (Wildman–Crippen MR) is 124 cm³/mol. The second-order valence-corrected chi connectivity index (χ2v) is 8.72. The summed E-state index contributed by atoms with van der Waals surface area (Å²) >= 11 is 0. The normalized spacial score (nSPS) is 22.4. The van der Waals surface area contributed by atoms with Gasteiger partial charge in [-0.1, -0.05) is 17.3 Å². The third kappa shape index (κ3) is 6.20. The molecule has 1 aromatic heterocycles. The van der Waals surface area contributed by atoms with Crippen molar-refractivity contribution in [1.82, 2.24) is 20.6 Å². The molecule has 12 heteroatoms. The number of hydrogen-bond donors (Lipinski definition) is 3. The molecule has 11 nitrogen and oxygen atoms in total. The summed E-state index contributed by atoms with van der Waals surface area (Å²) in [5.41, 5.74) is 2.46. The van der Waals surface area contributed by atoms with Crippen molar-refractivity contribution >= 4 is 17.5 Å². The van der Waals surface area contributed by atoms with Gasteiger partial charge in [0.1, 0.15) is 35.3 Å². The van der Waals surface area contributed by atoms with Crippen LogP contribution in [0.2, 0.25) is 0 Å². The lowest BCUT2D eigenvalue weighted by Crippen LogP contribution is -2.51. The molecule has 4 rings (SSSR count). The fourth-order valence-electron chi connectivity index (χ4n) is 3.76. The number of carbonyl (C=O) groups excluding carboxylic acids is 2. The van der Waals surface area contributed by atoms with Gasteiger partial charge in [0.2, 0.25) is 0 Å². The van der Waals surface area contributed by atoms with Gasteiger partial charge in [-0.3, -0.25) is 9.59 Å². The minimum Gasteiger partial charge on any atom is -0.389 e. The molecule has 2 aliphatic heterocycles. The SMILES string of the molecule is Cc1nc(C(=O)NCc2ccc(F)c(C)c2)cc(C2=NOC([C@@H]3CO[C@@H](NC(=O)[C@H](C)O)CO3)C2)n1. The van der Waals surface area contributed by atoms with Crippen molar-refractivity contribution in [2.24, 2.45) is 5.16 Å². The first-order valence-electron chi connectivity index (χ1n) is 11.5. The number of amides is 2. The zero-order valence-corrected chi connectivity index (χ0v) is 20.2. The zero-order valence-electron chi connectivity index (χ0n) is 20.2. The Hall–Kier alpha value is -3.48. The molecule has 2 amide bonds. The standard InChI is InChI=1S/C24H28FN5O6/c1-12-6-15(4-5-16(12)25)9-26-24(33)19-7-17(27-14(3)28-19)18-8-20(36-30-18)21-10-35-22(11-34-21)29-23(32)13(2)31/h4-7,13,20-22,31H,8-11H2,1-3H3,(H,26,33)(H,29,32)/t13-,20?,21-,22+/m0/s1. The molecule has 1 unspecified atom stereocenters. The molecule has 0 bridgehead atoms. The Balaban J connectivity index is 1.33. The first-order chi connectivity index (χ1) is 17.2. The number of oxime groups is 1. The number of nitrogens with zero attached hydrogens (tertiary/aromatic N) is 3. The molecule has 4 atom stereocenters. The van der Waals surface area contributed by atoms with E-state index >= 15 is 0 Å². The van der Waals surface area contributed by atoms with E-state index in [-0.39, 0.29) is 31.3 Å². The number of aromatic nitrogens is 2. The second kappa shape index (κ2) is 11.1. The molecule has 0 radical (unpaired) electrons. The van der Waals surface area contributed by atoms with Crippen LogP contribution >= 0.6 is 0 Å². The van der Waals surface area contributed by atoms with Crippen molar-refractivity contribution < 1.29 is 33.4 Å². The average molecular weight is 502 g/mol. The molecule has 3 N–H and O–H groups in total. The lowest BCUT2D eigenvalue weighted by atomic mass is 10.0. The van der Waals surface area contributed by atoms with E-state index in [0.717, 1.165) is 5.56 Å². The summed E-state index contributed by atoms with van der Waals surface area (Å²) in [7, 11) is 0. The fraction of sp³-hybridized carbons (Fsp3) is 0.458. The van der Waals surface area contributed by atoms with Gasteiger partial charge >= 0.3 is 0 Å². The summed E-state index contributed by atoms with van der Waals surface area (Å²) in [4.78, 5) is 38.5. The summed E-state index contributed by atoms with van der Waals surface area (Å²) in [5.74, 6) is -0.840. The Bertz CT molecular complexity index is 1170. The number of hydrogen-bond acceptors (Lipinski definition) is 9. The maximum atomic E-state index is 13.5. The minimum atomic E-state index is -1.14. The van der Waals surface area contributed by atoms with E-state index in [4.69, 9.17) is 14.3 Å². The first kappa shape index (κ1) is 25.6. The van der Waals surface area contributed by atoms with Crippen molar-refractivity contribution in [2.75, 3.05) is 13.2 Å². The summed E-state index contributed by atoms with van der Waals surface area (Å²) in [6.45, 7) is 5.19. The molecule has 1 fully saturated rings. The van der Waals surface area contributed by atoms with Gasteiger partial charge in [0, 0.05) is 13.0 Å². The molecular formula is C24H28FN5O6. The van der Waals surface area contributed by atoms with Gasteiger partial charge in [-0.2, -0.15) is 0 Å². The largest absolute Gasteiger partial charge is 0.389 e. The molecule has 1 aromatic carbocycles. The van der Waals surface area contributed by atoms with Crippen LogP contribution in [0.3, 0.4) is 0 Å². The van der Waals surface area contributed by atoms with Gasteiger partial charge in [-0.05, 0) is 44.0 Å². The van der Waals surface area contributed by atoms with E-state index in [1.165, 1.54) is 13.0 Å². The van der Waals surface area contributed by atoms with E-state index < -0.39 is 36.4 Å². The number of aliphatic hydroxyl groups is 1. The molecule has 1 saturated heterocycles. The Morgan fingerprint density at radius 2 is 1.97 bits per heavy atom. The summed E-state index contributed by atoms with van der Waals surface area (Å²) < 4.78 is 24.9. The van der Waals surface area contributed by atoms with E-state index in [1.807, 2.05) is 0 Å².